The van der Waals surface area contributed by atoms with Gasteiger partial charge in [0.25, 0.3) is 0 Å². The summed E-state index contributed by atoms with van der Waals surface area (Å²) in [6, 6.07) is 3.25. The molecule has 0 aliphatic carbocycles. The van der Waals surface area contributed by atoms with Gasteiger partial charge in [0.2, 0.25) is 5.91 Å². The molecule has 122 valence electrons. The number of benzene rings is 1. The van der Waals surface area contributed by atoms with Crippen LogP contribution in [0.15, 0.2) is 23.2 Å². The van der Waals surface area contributed by atoms with Crippen LogP contribution in [0.5, 0.6) is 0 Å². The highest BCUT2D eigenvalue weighted by Crippen LogP contribution is 2.10. The van der Waals surface area contributed by atoms with E-state index in [9.17, 15) is 13.6 Å². The SMILES string of the molecule is CCCNC(=NCc1cc(F)ccc1F)NCC(=O)N(C)C. The Morgan fingerprint density at radius 3 is 2.64 bits per heavy atom. The van der Waals surface area contributed by atoms with Crippen LogP contribution < -0.4 is 10.6 Å². The number of nitrogens with one attached hydrogen (secondary N) is 2. The minimum absolute atomic E-state index is 0.0151. The molecule has 1 aromatic rings. The zero-order chi connectivity index (χ0) is 16.5. The lowest BCUT2D eigenvalue weighted by molar-refractivity contribution is -0.127. The number of guanidine groups is 1. The van der Waals surface area contributed by atoms with Gasteiger partial charge in [-0.1, -0.05) is 6.92 Å². The number of amides is 1. The molecule has 0 radical (unpaired) electrons. The first kappa shape index (κ1) is 17.9. The van der Waals surface area contributed by atoms with Crippen LogP contribution in [0.1, 0.15) is 18.9 Å². The largest absolute Gasteiger partial charge is 0.356 e. The average Bonchev–Trinajstić information content (AvgIpc) is 2.49. The predicted octanol–water partition coefficient (Wildman–Crippen LogP) is 1.50. The number of nitrogens with zero attached hydrogens (tertiary/aromatic N) is 2. The third kappa shape index (κ3) is 6.07. The summed E-state index contributed by atoms with van der Waals surface area (Å²) in [5, 5.41) is 5.89. The molecule has 0 saturated heterocycles. The Morgan fingerprint density at radius 1 is 1.27 bits per heavy atom. The van der Waals surface area contributed by atoms with E-state index in [0.29, 0.717) is 12.5 Å². The van der Waals surface area contributed by atoms with Crippen molar-refractivity contribution in [3.63, 3.8) is 0 Å². The van der Waals surface area contributed by atoms with Gasteiger partial charge in [-0.3, -0.25) is 4.79 Å². The monoisotopic (exact) mass is 312 g/mol. The van der Waals surface area contributed by atoms with Gasteiger partial charge in [0.05, 0.1) is 13.1 Å². The second-order valence-corrected chi connectivity index (χ2v) is 4.97. The lowest BCUT2D eigenvalue weighted by Gasteiger charge is -2.14. The summed E-state index contributed by atoms with van der Waals surface area (Å²) >= 11 is 0. The number of carbonyl (C=O) groups excluding carboxylic acids is 1. The number of likely N-dealkylation sites (N-methyl/N-ethyl adjacent to an activating group) is 1. The summed E-state index contributed by atoms with van der Waals surface area (Å²) in [6.07, 6.45) is 0.872. The highest BCUT2D eigenvalue weighted by Gasteiger charge is 2.07. The maximum absolute atomic E-state index is 13.6. The van der Waals surface area contributed by atoms with Crippen molar-refractivity contribution in [3.05, 3.63) is 35.4 Å². The minimum Gasteiger partial charge on any atom is -0.356 e. The Kier molecular flexibility index (Phi) is 7.28. The molecule has 7 heteroatoms. The second-order valence-electron chi connectivity index (χ2n) is 4.97. The topological polar surface area (TPSA) is 56.7 Å². The van der Waals surface area contributed by atoms with E-state index in [4.69, 9.17) is 0 Å². The van der Waals surface area contributed by atoms with Gasteiger partial charge in [0, 0.05) is 26.2 Å². The van der Waals surface area contributed by atoms with Crippen molar-refractivity contribution >= 4 is 11.9 Å². The smallest absolute Gasteiger partial charge is 0.241 e. The van der Waals surface area contributed by atoms with Crippen molar-refractivity contribution in [2.24, 2.45) is 4.99 Å². The highest BCUT2D eigenvalue weighted by molar-refractivity contribution is 5.86. The molecule has 1 rings (SSSR count). The summed E-state index contributed by atoms with van der Waals surface area (Å²) in [4.78, 5) is 17.2. The van der Waals surface area contributed by atoms with Gasteiger partial charge in [-0.25, -0.2) is 13.8 Å². The van der Waals surface area contributed by atoms with Crippen LogP contribution in [0.3, 0.4) is 0 Å². The van der Waals surface area contributed by atoms with E-state index in [1.165, 1.54) is 4.90 Å². The number of rotatable bonds is 6. The van der Waals surface area contributed by atoms with Crippen molar-refractivity contribution in [2.75, 3.05) is 27.2 Å². The standard InChI is InChI=1S/C15H22F2N4O/c1-4-7-18-15(20-10-14(22)21(2)3)19-9-11-8-12(16)5-6-13(11)17/h5-6,8H,4,7,9-10H2,1-3H3,(H2,18,19,20). The van der Waals surface area contributed by atoms with Crippen LogP contribution in [-0.2, 0) is 11.3 Å². The quantitative estimate of drug-likeness (QED) is 0.618. The normalized spacial score (nSPS) is 11.2. The van der Waals surface area contributed by atoms with Crippen LogP contribution in [0.25, 0.3) is 0 Å². The molecule has 0 unspecified atom stereocenters. The van der Waals surface area contributed by atoms with Crippen LogP contribution in [0, 0.1) is 11.6 Å². The van der Waals surface area contributed by atoms with E-state index >= 15 is 0 Å². The predicted molar refractivity (Wildman–Crippen MR) is 82.5 cm³/mol. The molecule has 0 heterocycles. The lowest BCUT2D eigenvalue weighted by atomic mass is 10.2. The van der Waals surface area contributed by atoms with Crippen molar-refractivity contribution in [2.45, 2.75) is 19.9 Å². The Morgan fingerprint density at radius 2 is 2.00 bits per heavy atom. The van der Waals surface area contributed by atoms with Crippen molar-refractivity contribution < 1.29 is 13.6 Å². The summed E-state index contributed by atoms with van der Waals surface area (Å²) in [5.74, 6) is -0.738. The number of carbonyl (C=O) groups is 1. The van der Waals surface area contributed by atoms with Gasteiger partial charge in [-0.2, -0.15) is 0 Å². The molecule has 0 bridgehead atoms. The second kappa shape index (κ2) is 8.96. The molecule has 0 aliphatic rings. The Bertz CT molecular complexity index is 532. The van der Waals surface area contributed by atoms with Crippen molar-refractivity contribution in [3.8, 4) is 0 Å². The van der Waals surface area contributed by atoms with Crippen LogP contribution >= 0.6 is 0 Å². The van der Waals surface area contributed by atoms with Gasteiger partial charge < -0.3 is 15.5 Å². The third-order valence-electron chi connectivity index (χ3n) is 2.86. The van der Waals surface area contributed by atoms with E-state index in [1.54, 1.807) is 14.1 Å². The number of halogens is 2. The fourth-order valence-corrected chi connectivity index (χ4v) is 1.56. The van der Waals surface area contributed by atoms with Gasteiger partial charge in [0.1, 0.15) is 11.6 Å². The minimum atomic E-state index is -0.510. The van der Waals surface area contributed by atoms with Crippen LogP contribution in [0.2, 0.25) is 0 Å². The molecule has 0 fully saturated rings. The summed E-state index contributed by atoms with van der Waals surface area (Å²) in [6.45, 7) is 2.71. The van der Waals surface area contributed by atoms with Gasteiger partial charge >= 0.3 is 0 Å². The van der Waals surface area contributed by atoms with Gasteiger partial charge in [-0.15, -0.1) is 0 Å². The van der Waals surface area contributed by atoms with Crippen LogP contribution in [-0.4, -0.2) is 44.0 Å². The Balaban J connectivity index is 2.73. The zero-order valence-corrected chi connectivity index (χ0v) is 13.1. The molecule has 0 spiro atoms. The summed E-state index contributed by atoms with van der Waals surface area (Å²) in [7, 11) is 3.31. The van der Waals surface area contributed by atoms with E-state index in [0.717, 1.165) is 24.6 Å². The lowest BCUT2D eigenvalue weighted by Crippen LogP contribution is -2.43. The fourth-order valence-electron chi connectivity index (χ4n) is 1.56. The number of hydrogen-bond donors (Lipinski definition) is 2. The first-order valence-electron chi connectivity index (χ1n) is 7.10. The number of hydrogen-bond acceptors (Lipinski definition) is 2. The van der Waals surface area contributed by atoms with Crippen LogP contribution in [0.4, 0.5) is 8.78 Å². The molecular formula is C15H22F2N4O. The maximum Gasteiger partial charge on any atom is 0.241 e. The van der Waals surface area contributed by atoms with E-state index in [1.807, 2.05) is 6.92 Å². The highest BCUT2D eigenvalue weighted by atomic mass is 19.1. The molecule has 1 amide bonds. The average molecular weight is 312 g/mol. The molecule has 5 nitrogen and oxygen atoms in total. The Hall–Kier alpha value is -2.18. The summed E-state index contributed by atoms with van der Waals surface area (Å²) < 4.78 is 26.7. The van der Waals surface area contributed by atoms with E-state index in [-0.39, 0.29) is 24.6 Å². The fraction of sp³-hybridized carbons (Fsp3) is 0.467. The van der Waals surface area contributed by atoms with Crippen molar-refractivity contribution in [1.82, 2.24) is 15.5 Å². The maximum atomic E-state index is 13.6. The summed E-state index contributed by atoms with van der Waals surface area (Å²) in [5.41, 5.74) is 0.163. The van der Waals surface area contributed by atoms with Gasteiger partial charge in [0.15, 0.2) is 5.96 Å². The van der Waals surface area contributed by atoms with Gasteiger partial charge in [-0.05, 0) is 24.6 Å². The third-order valence-corrected chi connectivity index (χ3v) is 2.86. The molecule has 0 aliphatic heterocycles. The molecule has 22 heavy (non-hydrogen) atoms. The molecule has 0 aromatic heterocycles. The number of aliphatic imine (C=N–C) groups is 1. The van der Waals surface area contributed by atoms with Crippen molar-refractivity contribution in [1.29, 1.82) is 0 Å². The van der Waals surface area contributed by atoms with E-state index < -0.39 is 11.6 Å². The first-order valence-corrected chi connectivity index (χ1v) is 7.10. The molecule has 0 saturated carbocycles. The molecule has 2 N–H and O–H groups in total. The molecule has 1 aromatic carbocycles. The molecular weight excluding hydrogens is 290 g/mol. The Labute approximate surface area is 129 Å². The molecule has 0 atom stereocenters. The van der Waals surface area contributed by atoms with E-state index in [2.05, 4.69) is 15.6 Å². The first-order chi connectivity index (χ1) is 10.4. The zero-order valence-electron chi connectivity index (χ0n) is 13.1.